The topological polar surface area (TPSA) is 12.0 Å². The molecule has 0 fully saturated rings. The molecule has 13 heavy (non-hydrogen) atoms. The third-order valence-corrected chi connectivity index (χ3v) is 1.80. The van der Waals surface area contributed by atoms with Gasteiger partial charge in [-0.15, -0.1) is 18.4 Å². The first-order valence-corrected chi connectivity index (χ1v) is 4.64. The van der Waals surface area contributed by atoms with Gasteiger partial charge in [0.2, 0.25) is 0 Å². The molecule has 0 aromatic rings. The maximum atomic E-state index is 3.17. The monoisotopic (exact) mass is 169 g/mol. The van der Waals surface area contributed by atoms with E-state index >= 15 is 0 Å². The molecule has 0 spiro atoms. The Morgan fingerprint density at radius 2 is 1.92 bits per heavy atom. The van der Waals surface area contributed by atoms with Crippen LogP contribution in [0.3, 0.4) is 0 Å². The SMILES string of the molecule is CCCCCN[C-]=C1C=CC=C1.[Li+]. The molecule has 0 amide bonds. The van der Waals surface area contributed by atoms with Gasteiger partial charge in [0.15, 0.2) is 0 Å². The summed E-state index contributed by atoms with van der Waals surface area (Å²) in [6.07, 6.45) is 15.1. The molecular formula is C11H16LiN. The van der Waals surface area contributed by atoms with Crippen molar-refractivity contribution in [1.29, 1.82) is 0 Å². The Balaban J connectivity index is 0.00000144. The summed E-state index contributed by atoms with van der Waals surface area (Å²) in [6.45, 7) is 3.25. The van der Waals surface area contributed by atoms with E-state index in [1.54, 1.807) is 0 Å². The predicted molar refractivity (Wildman–Crippen MR) is 52.6 cm³/mol. The van der Waals surface area contributed by atoms with Crippen LogP contribution in [0.15, 0.2) is 29.9 Å². The molecule has 0 aromatic carbocycles. The molecule has 0 bridgehead atoms. The molecule has 1 nitrogen and oxygen atoms in total. The average molecular weight is 169 g/mol. The molecule has 0 atom stereocenters. The second kappa shape index (κ2) is 8.23. The molecule has 1 N–H and O–H groups in total. The minimum Gasteiger partial charge on any atom is -0.445 e. The van der Waals surface area contributed by atoms with Crippen molar-refractivity contribution in [3.05, 3.63) is 36.1 Å². The van der Waals surface area contributed by atoms with Crippen molar-refractivity contribution in [3.8, 4) is 0 Å². The number of rotatable bonds is 5. The standard InChI is InChI=1S/C11H16N.Li/c1-2-3-6-9-12-10-11-7-4-5-8-11;/h4-5,7-8,12H,2-3,6,9H2,1H3;/q-1;+1. The molecule has 1 aliphatic rings. The van der Waals surface area contributed by atoms with E-state index in [0.717, 1.165) is 12.1 Å². The second-order valence-corrected chi connectivity index (χ2v) is 2.93. The summed E-state index contributed by atoms with van der Waals surface area (Å²) >= 11 is 0. The van der Waals surface area contributed by atoms with Crippen molar-refractivity contribution in [3.63, 3.8) is 0 Å². The van der Waals surface area contributed by atoms with Crippen molar-refractivity contribution < 1.29 is 18.9 Å². The Morgan fingerprint density at radius 3 is 2.54 bits per heavy atom. The first kappa shape index (κ1) is 12.6. The van der Waals surface area contributed by atoms with Gasteiger partial charge >= 0.3 is 18.9 Å². The number of hydrogen-bond donors (Lipinski definition) is 1. The largest absolute Gasteiger partial charge is 1.00 e. The molecule has 0 aromatic heterocycles. The maximum Gasteiger partial charge on any atom is 1.00 e. The van der Waals surface area contributed by atoms with E-state index in [2.05, 4.69) is 18.4 Å². The smallest absolute Gasteiger partial charge is 0.445 e. The van der Waals surface area contributed by atoms with Crippen LogP contribution < -0.4 is 24.2 Å². The third kappa shape index (κ3) is 5.79. The summed E-state index contributed by atoms with van der Waals surface area (Å²) in [4.78, 5) is 0. The summed E-state index contributed by atoms with van der Waals surface area (Å²) < 4.78 is 0. The Kier molecular flexibility index (Phi) is 7.98. The van der Waals surface area contributed by atoms with E-state index in [9.17, 15) is 0 Å². The van der Waals surface area contributed by atoms with Gasteiger partial charge in [0.25, 0.3) is 0 Å². The first-order valence-electron chi connectivity index (χ1n) is 4.64. The van der Waals surface area contributed by atoms with Crippen LogP contribution in [0.25, 0.3) is 0 Å². The number of unbranched alkanes of at least 4 members (excludes halogenated alkanes) is 2. The van der Waals surface area contributed by atoms with Gasteiger partial charge in [-0.25, -0.2) is 0 Å². The normalized spacial score (nSPS) is 12.8. The van der Waals surface area contributed by atoms with Gasteiger partial charge in [-0.3, -0.25) is 0 Å². The third-order valence-electron chi connectivity index (χ3n) is 1.80. The van der Waals surface area contributed by atoms with E-state index in [1.165, 1.54) is 19.3 Å². The molecule has 0 heterocycles. The van der Waals surface area contributed by atoms with Crippen LogP contribution in [0.1, 0.15) is 26.2 Å². The zero-order valence-electron chi connectivity index (χ0n) is 8.64. The van der Waals surface area contributed by atoms with Crippen LogP contribution in [0.5, 0.6) is 0 Å². The molecule has 0 saturated heterocycles. The minimum absolute atomic E-state index is 0. The Bertz CT molecular complexity index is 190. The van der Waals surface area contributed by atoms with Crippen molar-refractivity contribution in [2.75, 3.05) is 6.54 Å². The van der Waals surface area contributed by atoms with E-state index < -0.39 is 0 Å². The molecule has 1 rings (SSSR count). The van der Waals surface area contributed by atoms with Gasteiger partial charge in [0.05, 0.1) is 0 Å². The molecule has 0 saturated carbocycles. The molecule has 0 radical (unpaired) electrons. The Labute approximate surface area is 93.2 Å². The van der Waals surface area contributed by atoms with Crippen LogP contribution in [0.2, 0.25) is 0 Å². The molecule has 0 unspecified atom stereocenters. The van der Waals surface area contributed by atoms with Gasteiger partial charge in [-0.1, -0.05) is 19.8 Å². The maximum absolute atomic E-state index is 3.17. The number of nitrogens with one attached hydrogen (secondary N) is 1. The summed E-state index contributed by atoms with van der Waals surface area (Å²) in [5.41, 5.74) is 1.14. The minimum atomic E-state index is 0. The van der Waals surface area contributed by atoms with Gasteiger partial charge in [0, 0.05) is 6.54 Å². The molecule has 0 aliphatic heterocycles. The average Bonchev–Trinajstić information content (AvgIpc) is 2.57. The Morgan fingerprint density at radius 1 is 1.23 bits per heavy atom. The van der Waals surface area contributed by atoms with Crippen LogP contribution in [-0.4, -0.2) is 6.54 Å². The number of allylic oxidation sites excluding steroid dienone is 5. The van der Waals surface area contributed by atoms with E-state index in [-0.39, 0.29) is 18.9 Å². The van der Waals surface area contributed by atoms with E-state index in [1.807, 2.05) is 24.3 Å². The van der Waals surface area contributed by atoms with Gasteiger partial charge in [0.1, 0.15) is 0 Å². The van der Waals surface area contributed by atoms with Crippen LogP contribution >= 0.6 is 0 Å². The molecular weight excluding hydrogens is 153 g/mol. The second-order valence-electron chi connectivity index (χ2n) is 2.93. The molecule has 1 aliphatic carbocycles. The van der Waals surface area contributed by atoms with Crippen LogP contribution in [0.4, 0.5) is 0 Å². The zero-order valence-corrected chi connectivity index (χ0v) is 8.64. The summed E-state index contributed by atoms with van der Waals surface area (Å²) in [6, 6.07) is 0. The van der Waals surface area contributed by atoms with Crippen molar-refractivity contribution in [1.82, 2.24) is 5.32 Å². The number of hydrogen-bond acceptors (Lipinski definition) is 1. The zero-order chi connectivity index (χ0) is 8.65. The van der Waals surface area contributed by atoms with Gasteiger partial charge in [-0.2, -0.15) is 17.7 Å². The van der Waals surface area contributed by atoms with Gasteiger partial charge < -0.3 is 5.32 Å². The fraction of sp³-hybridized carbons (Fsp3) is 0.455. The van der Waals surface area contributed by atoms with Gasteiger partial charge in [-0.05, 0) is 6.42 Å². The summed E-state index contributed by atoms with van der Waals surface area (Å²) in [7, 11) is 0. The first-order chi connectivity index (χ1) is 5.93. The fourth-order valence-electron chi connectivity index (χ4n) is 1.09. The van der Waals surface area contributed by atoms with Crippen LogP contribution in [0, 0.1) is 6.20 Å². The predicted octanol–water partition coefficient (Wildman–Crippen LogP) is -0.417. The van der Waals surface area contributed by atoms with Crippen molar-refractivity contribution >= 4 is 0 Å². The molecule has 2 heteroatoms. The van der Waals surface area contributed by atoms with E-state index in [4.69, 9.17) is 0 Å². The van der Waals surface area contributed by atoms with E-state index in [0.29, 0.717) is 0 Å². The molecule has 66 valence electrons. The fourth-order valence-corrected chi connectivity index (χ4v) is 1.09. The summed E-state index contributed by atoms with van der Waals surface area (Å²) in [5.74, 6) is 0. The quantitative estimate of drug-likeness (QED) is 0.255. The van der Waals surface area contributed by atoms with Crippen molar-refractivity contribution in [2.45, 2.75) is 26.2 Å². The van der Waals surface area contributed by atoms with Crippen molar-refractivity contribution in [2.24, 2.45) is 0 Å². The van der Waals surface area contributed by atoms with Crippen LogP contribution in [-0.2, 0) is 0 Å². The Hall–Kier alpha value is -0.383. The summed E-state index contributed by atoms with van der Waals surface area (Å²) in [5, 5.41) is 3.17.